The third-order valence-corrected chi connectivity index (χ3v) is 7.96. The molecule has 1 fully saturated rings. The van der Waals surface area contributed by atoms with Crippen LogP contribution < -0.4 is 15.2 Å². The highest BCUT2D eigenvalue weighted by atomic mass is 35.5. The van der Waals surface area contributed by atoms with Crippen LogP contribution in [0.5, 0.6) is 11.5 Å². The van der Waals surface area contributed by atoms with E-state index in [1.165, 1.54) is 0 Å². The number of hydrogen-bond acceptors (Lipinski definition) is 8. The lowest BCUT2D eigenvalue weighted by Gasteiger charge is -2.35. The summed E-state index contributed by atoms with van der Waals surface area (Å²) in [6.07, 6.45) is 6.35. The monoisotopic (exact) mass is 559 g/mol. The van der Waals surface area contributed by atoms with Gasteiger partial charge in [0.25, 0.3) is 5.91 Å². The fourth-order valence-corrected chi connectivity index (χ4v) is 5.20. The van der Waals surface area contributed by atoms with Crippen molar-refractivity contribution in [2.24, 2.45) is 11.7 Å². The van der Waals surface area contributed by atoms with Gasteiger partial charge in [-0.3, -0.25) is 9.78 Å². The van der Waals surface area contributed by atoms with Gasteiger partial charge in [-0.15, -0.1) is 23.7 Å². The number of rotatable bonds is 10. The van der Waals surface area contributed by atoms with E-state index in [2.05, 4.69) is 23.9 Å². The second kappa shape index (κ2) is 13.9. The number of aromatic nitrogens is 2. The van der Waals surface area contributed by atoms with Crippen molar-refractivity contribution in [3.05, 3.63) is 47.6 Å². The van der Waals surface area contributed by atoms with Gasteiger partial charge in [-0.2, -0.15) is 0 Å². The summed E-state index contributed by atoms with van der Waals surface area (Å²) in [6.45, 7) is 5.42. The minimum atomic E-state index is -0.0234. The molecule has 1 aromatic carbocycles. The molecule has 1 aliphatic rings. The molecule has 0 radical (unpaired) electrons. The highest BCUT2D eigenvalue weighted by molar-refractivity contribution is 7.13. The topological polar surface area (TPSA) is 93.8 Å². The third kappa shape index (κ3) is 7.22. The predicted molar refractivity (Wildman–Crippen MR) is 156 cm³/mol. The molecule has 0 saturated carbocycles. The van der Waals surface area contributed by atoms with Crippen LogP contribution in [0.3, 0.4) is 0 Å². The zero-order valence-electron chi connectivity index (χ0n) is 22.6. The Hall–Kier alpha value is -2.72. The lowest BCUT2D eigenvalue weighted by molar-refractivity contribution is 0.0656. The van der Waals surface area contributed by atoms with E-state index in [1.807, 2.05) is 41.6 Å². The average Bonchev–Trinajstić information content (AvgIpc) is 3.41. The number of carbonyl (C=O) groups is 1. The van der Waals surface area contributed by atoms with Crippen LogP contribution in [-0.2, 0) is 0 Å². The van der Waals surface area contributed by atoms with E-state index in [4.69, 9.17) is 20.2 Å². The molecule has 1 atom stereocenters. The van der Waals surface area contributed by atoms with Crippen molar-refractivity contribution in [1.82, 2.24) is 19.8 Å². The van der Waals surface area contributed by atoms with Crippen LogP contribution >= 0.6 is 23.7 Å². The second-order valence-electron chi connectivity index (χ2n) is 9.78. The highest BCUT2D eigenvalue weighted by Gasteiger charge is 2.26. The van der Waals surface area contributed by atoms with Crippen LogP contribution in [0.15, 0.2) is 42.0 Å². The van der Waals surface area contributed by atoms with Gasteiger partial charge in [-0.05, 0) is 64.0 Å². The van der Waals surface area contributed by atoms with E-state index >= 15 is 0 Å². The number of halogens is 1. The molecule has 0 bridgehead atoms. The van der Waals surface area contributed by atoms with Crippen molar-refractivity contribution in [2.75, 3.05) is 47.4 Å². The van der Waals surface area contributed by atoms with Gasteiger partial charge in [0, 0.05) is 30.1 Å². The minimum Gasteiger partial charge on any atom is -0.496 e. The van der Waals surface area contributed by atoms with Crippen LogP contribution in [0.2, 0.25) is 0 Å². The molecule has 8 nitrogen and oxygen atoms in total. The first-order valence-electron chi connectivity index (χ1n) is 12.8. The van der Waals surface area contributed by atoms with Crippen LogP contribution in [0, 0.1) is 5.92 Å². The van der Waals surface area contributed by atoms with Crippen LogP contribution in [-0.4, -0.2) is 79.2 Å². The molecule has 2 N–H and O–H groups in total. The van der Waals surface area contributed by atoms with Crippen molar-refractivity contribution in [2.45, 2.75) is 32.2 Å². The third-order valence-electron chi connectivity index (χ3n) is 7.03. The van der Waals surface area contributed by atoms with Crippen molar-refractivity contribution >= 4 is 29.7 Å². The van der Waals surface area contributed by atoms with Gasteiger partial charge in [-0.25, -0.2) is 4.98 Å². The molecule has 0 spiro atoms. The van der Waals surface area contributed by atoms with Crippen molar-refractivity contribution < 1.29 is 14.3 Å². The van der Waals surface area contributed by atoms with Gasteiger partial charge < -0.3 is 25.0 Å². The Bertz CT molecular complexity index is 1200. The standard InChI is InChI=1S/C28H37N5O3S.ClH/c1-19(15-29)9-12-36-22-14-27(37-18-22)25-17-30-16-24(31-25)20-5-6-23(26(13-20)35-4)28(34)33(3)21-7-10-32(2)11-8-21;/h5-6,13-14,16-19,21H,7-12,15,29H2,1-4H3;1H/t19-;/m0./s1. The maximum Gasteiger partial charge on any atom is 0.257 e. The lowest BCUT2D eigenvalue weighted by Crippen LogP contribution is -2.44. The Kier molecular flexibility index (Phi) is 10.9. The molecule has 4 rings (SSSR count). The number of benzene rings is 1. The SMILES string of the molecule is COc1cc(-c2cncc(-c3cc(OCC[C@H](C)CN)cs3)n2)ccc1C(=O)N(C)C1CCN(C)CC1.Cl. The smallest absolute Gasteiger partial charge is 0.257 e. The Morgan fingerprint density at radius 1 is 1.24 bits per heavy atom. The van der Waals surface area contributed by atoms with Gasteiger partial charge in [0.1, 0.15) is 11.5 Å². The molecule has 1 saturated heterocycles. The Morgan fingerprint density at radius 2 is 1.97 bits per heavy atom. The fraction of sp³-hybridized carbons (Fsp3) is 0.464. The molecule has 2 aromatic heterocycles. The van der Waals surface area contributed by atoms with Crippen LogP contribution in [0.25, 0.3) is 21.8 Å². The normalized spacial score (nSPS) is 15.0. The molecular weight excluding hydrogens is 522 g/mol. The van der Waals surface area contributed by atoms with Crippen molar-refractivity contribution in [3.8, 4) is 33.3 Å². The Labute approximate surface area is 235 Å². The van der Waals surface area contributed by atoms with Gasteiger partial charge in [-0.1, -0.05) is 13.0 Å². The Balaban J connectivity index is 0.00000400. The first kappa shape index (κ1) is 29.8. The molecule has 206 valence electrons. The van der Waals surface area contributed by atoms with E-state index in [-0.39, 0.29) is 24.4 Å². The van der Waals surface area contributed by atoms with E-state index in [0.29, 0.717) is 36.1 Å². The quantitative estimate of drug-likeness (QED) is 0.380. The summed E-state index contributed by atoms with van der Waals surface area (Å²) in [7, 11) is 5.60. The number of likely N-dealkylation sites (tertiary alicyclic amines) is 1. The largest absolute Gasteiger partial charge is 0.496 e. The van der Waals surface area contributed by atoms with Crippen molar-refractivity contribution in [1.29, 1.82) is 0 Å². The average molecular weight is 560 g/mol. The van der Waals surface area contributed by atoms with E-state index in [1.54, 1.807) is 30.8 Å². The molecule has 3 heterocycles. The highest BCUT2D eigenvalue weighted by Crippen LogP contribution is 2.32. The van der Waals surface area contributed by atoms with E-state index in [9.17, 15) is 4.79 Å². The summed E-state index contributed by atoms with van der Waals surface area (Å²) in [6, 6.07) is 7.83. The van der Waals surface area contributed by atoms with Gasteiger partial charge in [0.2, 0.25) is 0 Å². The number of nitrogens with zero attached hydrogens (tertiary/aromatic N) is 4. The maximum absolute atomic E-state index is 13.3. The molecular formula is C28H38ClN5O3S. The second-order valence-corrected chi connectivity index (χ2v) is 10.7. The number of ether oxygens (including phenoxy) is 2. The summed E-state index contributed by atoms with van der Waals surface area (Å²) < 4.78 is 11.5. The number of methoxy groups -OCH3 is 1. The molecule has 10 heteroatoms. The number of piperidine rings is 1. The summed E-state index contributed by atoms with van der Waals surface area (Å²) in [5.74, 6) is 1.78. The number of nitrogens with two attached hydrogens (primary N) is 1. The van der Waals surface area contributed by atoms with Crippen molar-refractivity contribution in [3.63, 3.8) is 0 Å². The number of carbonyl (C=O) groups excluding carboxylic acids is 1. The summed E-state index contributed by atoms with van der Waals surface area (Å²) >= 11 is 1.57. The predicted octanol–water partition coefficient (Wildman–Crippen LogP) is 4.83. The van der Waals surface area contributed by atoms with E-state index < -0.39 is 0 Å². The molecule has 0 aliphatic carbocycles. The first-order chi connectivity index (χ1) is 17.9. The van der Waals surface area contributed by atoms with Gasteiger partial charge in [0.15, 0.2) is 0 Å². The molecule has 1 aliphatic heterocycles. The van der Waals surface area contributed by atoms with E-state index in [0.717, 1.165) is 54.2 Å². The van der Waals surface area contributed by atoms with Crippen LogP contribution in [0.4, 0.5) is 0 Å². The zero-order valence-corrected chi connectivity index (χ0v) is 24.2. The fourth-order valence-electron chi connectivity index (χ4n) is 4.41. The lowest BCUT2D eigenvalue weighted by atomic mass is 10.0. The maximum atomic E-state index is 13.3. The number of hydrogen-bond donors (Lipinski definition) is 1. The van der Waals surface area contributed by atoms with Gasteiger partial charge >= 0.3 is 0 Å². The minimum absolute atomic E-state index is 0. The number of thiophene rings is 1. The molecule has 38 heavy (non-hydrogen) atoms. The van der Waals surface area contributed by atoms with Gasteiger partial charge in [0.05, 0.1) is 47.9 Å². The molecule has 3 aromatic rings. The van der Waals surface area contributed by atoms with Crippen LogP contribution in [0.1, 0.15) is 36.5 Å². The summed E-state index contributed by atoms with van der Waals surface area (Å²) in [4.78, 5) is 27.7. The summed E-state index contributed by atoms with van der Waals surface area (Å²) in [5, 5.41) is 1.99. The molecule has 0 unspecified atom stereocenters. The first-order valence-corrected chi connectivity index (χ1v) is 13.7. The molecule has 1 amide bonds. The zero-order chi connectivity index (χ0) is 26.4. The summed E-state index contributed by atoms with van der Waals surface area (Å²) in [5.41, 5.74) is 8.57. The Morgan fingerprint density at radius 3 is 2.68 bits per heavy atom. The number of amides is 1.